The fourth-order valence-corrected chi connectivity index (χ4v) is 3.37. The van der Waals surface area contributed by atoms with Crippen LogP contribution in [-0.4, -0.2) is 36.8 Å². The molecule has 1 saturated heterocycles. The van der Waals surface area contributed by atoms with Crippen molar-refractivity contribution in [2.24, 2.45) is 0 Å². The smallest absolute Gasteiger partial charge is 0.255 e. The number of nitrogens with zero attached hydrogens (tertiary/aromatic N) is 2. The van der Waals surface area contributed by atoms with E-state index in [1.165, 1.54) is 0 Å². The molecule has 1 aromatic heterocycles. The average molecular weight is 382 g/mol. The maximum atomic E-state index is 12.9. The van der Waals surface area contributed by atoms with E-state index in [4.69, 9.17) is 16.3 Å². The molecule has 2 heterocycles. The molecule has 2 aromatic carbocycles. The lowest BCUT2D eigenvalue weighted by molar-refractivity contribution is 0.102. The molecule has 1 N–H and O–H groups in total. The molecule has 0 aliphatic carbocycles. The van der Waals surface area contributed by atoms with Crippen LogP contribution in [-0.2, 0) is 4.74 Å². The second kappa shape index (κ2) is 7.86. The lowest BCUT2D eigenvalue weighted by atomic mass is 10.1. The van der Waals surface area contributed by atoms with E-state index >= 15 is 0 Å². The van der Waals surface area contributed by atoms with Gasteiger partial charge in [-0.1, -0.05) is 17.7 Å². The Balaban J connectivity index is 1.59. The maximum absolute atomic E-state index is 12.9. The fraction of sp³-hybridized carbons (Fsp3) is 0.190. The highest BCUT2D eigenvalue weighted by atomic mass is 35.5. The minimum atomic E-state index is -0.166. The minimum absolute atomic E-state index is 0.166. The van der Waals surface area contributed by atoms with E-state index < -0.39 is 0 Å². The van der Waals surface area contributed by atoms with Gasteiger partial charge in [0.15, 0.2) is 0 Å². The van der Waals surface area contributed by atoms with E-state index in [0.29, 0.717) is 29.5 Å². The van der Waals surface area contributed by atoms with E-state index in [1.54, 1.807) is 12.1 Å². The molecule has 27 heavy (non-hydrogen) atoms. The van der Waals surface area contributed by atoms with E-state index in [0.717, 1.165) is 24.5 Å². The lowest BCUT2D eigenvalue weighted by Crippen LogP contribution is -2.36. The third kappa shape index (κ3) is 3.99. The Morgan fingerprint density at radius 2 is 1.78 bits per heavy atom. The zero-order valence-electron chi connectivity index (χ0n) is 14.8. The number of nitrogens with one attached hydrogen (secondary N) is 1. The molecule has 1 fully saturated rings. The molecule has 1 amide bonds. The number of anilines is 2. The van der Waals surface area contributed by atoms with Gasteiger partial charge < -0.3 is 19.5 Å². The number of halogens is 1. The van der Waals surface area contributed by atoms with Gasteiger partial charge >= 0.3 is 0 Å². The van der Waals surface area contributed by atoms with Crippen molar-refractivity contribution in [1.82, 2.24) is 4.57 Å². The Labute approximate surface area is 163 Å². The summed E-state index contributed by atoms with van der Waals surface area (Å²) in [6, 6.07) is 17.0. The van der Waals surface area contributed by atoms with Crippen molar-refractivity contribution in [1.29, 1.82) is 0 Å². The number of benzene rings is 2. The van der Waals surface area contributed by atoms with Crippen molar-refractivity contribution in [3.63, 3.8) is 0 Å². The normalized spacial score (nSPS) is 14.2. The van der Waals surface area contributed by atoms with Gasteiger partial charge in [-0.2, -0.15) is 0 Å². The predicted octanol–water partition coefficient (Wildman–Crippen LogP) is 4.22. The van der Waals surface area contributed by atoms with Gasteiger partial charge in [0.05, 0.1) is 24.6 Å². The average Bonchev–Trinajstić information content (AvgIpc) is 3.24. The number of carbonyl (C=O) groups is 1. The van der Waals surface area contributed by atoms with E-state index in [2.05, 4.69) is 10.2 Å². The van der Waals surface area contributed by atoms with Gasteiger partial charge in [0.1, 0.15) is 0 Å². The second-order valence-electron chi connectivity index (χ2n) is 6.36. The maximum Gasteiger partial charge on any atom is 0.255 e. The molecule has 0 bridgehead atoms. The van der Waals surface area contributed by atoms with Gasteiger partial charge in [-0.3, -0.25) is 4.79 Å². The number of amides is 1. The molecule has 0 saturated carbocycles. The third-order valence-corrected chi connectivity index (χ3v) is 4.80. The summed E-state index contributed by atoms with van der Waals surface area (Å²) in [7, 11) is 0. The van der Waals surface area contributed by atoms with Crippen molar-refractivity contribution in [3.05, 3.63) is 77.6 Å². The van der Waals surface area contributed by atoms with Crippen molar-refractivity contribution >= 4 is 28.9 Å². The summed E-state index contributed by atoms with van der Waals surface area (Å²) < 4.78 is 7.39. The molecular formula is C21H20ClN3O2. The number of carbonyl (C=O) groups excluding carboxylic acids is 1. The SMILES string of the molecule is O=C(Nc1cc(Cl)ccc1N1CCOCC1)c1cccc(-n2cccc2)c1. The van der Waals surface area contributed by atoms with Crippen LogP contribution in [0.5, 0.6) is 0 Å². The molecule has 4 rings (SSSR count). The summed E-state index contributed by atoms with van der Waals surface area (Å²) in [5.74, 6) is -0.166. The third-order valence-electron chi connectivity index (χ3n) is 4.57. The molecular weight excluding hydrogens is 362 g/mol. The summed E-state index contributed by atoms with van der Waals surface area (Å²) in [5.41, 5.74) is 3.19. The summed E-state index contributed by atoms with van der Waals surface area (Å²) in [5, 5.41) is 3.61. The van der Waals surface area contributed by atoms with Crippen LogP contribution >= 0.6 is 11.6 Å². The Hall–Kier alpha value is -2.76. The van der Waals surface area contributed by atoms with Crippen molar-refractivity contribution in [2.45, 2.75) is 0 Å². The van der Waals surface area contributed by atoms with Gasteiger partial charge in [0.25, 0.3) is 5.91 Å². The number of hydrogen-bond donors (Lipinski definition) is 1. The van der Waals surface area contributed by atoms with Crippen LogP contribution in [0.15, 0.2) is 67.0 Å². The first-order valence-electron chi connectivity index (χ1n) is 8.88. The summed E-state index contributed by atoms with van der Waals surface area (Å²) >= 11 is 6.18. The lowest BCUT2D eigenvalue weighted by Gasteiger charge is -2.30. The molecule has 1 aliphatic rings. The molecule has 0 radical (unpaired) electrons. The Morgan fingerprint density at radius 1 is 1.00 bits per heavy atom. The van der Waals surface area contributed by atoms with Crippen molar-refractivity contribution in [3.8, 4) is 5.69 Å². The Bertz CT molecular complexity index is 934. The predicted molar refractivity (Wildman–Crippen MR) is 108 cm³/mol. The van der Waals surface area contributed by atoms with Gasteiger partial charge in [0.2, 0.25) is 0 Å². The van der Waals surface area contributed by atoms with Gasteiger partial charge in [0, 0.05) is 41.8 Å². The summed E-state index contributed by atoms with van der Waals surface area (Å²) in [4.78, 5) is 15.1. The molecule has 138 valence electrons. The fourth-order valence-electron chi connectivity index (χ4n) is 3.20. The Morgan fingerprint density at radius 3 is 2.56 bits per heavy atom. The monoisotopic (exact) mass is 381 g/mol. The van der Waals surface area contributed by atoms with Crippen LogP contribution < -0.4 is 10.2 Å². The first kappa shape index (κ1) is 17.6. The van der Waals surface area contributed by atoms with Crippen LogP contribution in [0.2, 0.25) is 5.02 Å². The highest BCUT2D eigenvalue weighted by Gasteiger charge is 2.17. The number of ether oxygens (including phenoxy) is 1. The van der Waals surface area contributed by atoms with Gasteiger partial charge in [-0.05, 0) is 48.5 Å². The zero-order valence-corrected chi connectivity index (χ0v) is 15.5. The van der Waals surface area contributed by atoms with Crippen molar-refractivity contribution < 1.29 is 9.53 Å². The second-order valence-corrected chi connectivity index (χ2v) is 6.79. The number of aromatic nitrogens is 1. The Kier molecular flexibility index (Phi) is 5.14. The highest BCUT2D eigenvalue weighted by Crippen LogP contribution is 2.30. The molecule has 5 nitrogen and oxygen atoms in total. The summed E-state index contributed by atoms with van der Waals surface area (Å²) in [6.07, 6.45) is 3.90. The number of hydrogen-bond acceptors (Lipinski definition) is 3. The largest absolute Gasteiger partial charge is 0.378 e. The van der Waals surface area contributed by atoms with E-state index in [1.807, 2.05) is 59.4 Å². The molecule has 0 unspecified atom stereocenters. The van der Waals surface area contributed by atoms with E-state index in [-0.39, 0.29) is 5.91 Å². The molecule has 0 atom stereocenters. The quantitative estimate of drug-likeness (QED) is 0.736. The zero-order chi connectivity index (χ0) is 18.6. The van der Waals surface area contributed by atoms with Crippen LogP contribution in [0.4, 0.5) is 11.4 Å². The van der Waals surface area contributed by atoms with Gasteiger partial charge in [-0.25, -0.2) is 0 Å². The van der Waals surface area contributed by atoms with Crippen LogP contribution in [0.3, 0.4) is 0 Å². The minimum Gasteiger partial charge on any atom is -0.378 e. The molecule has 0 spiro atoms. The summed E-state index contributed by atoms with van der Waals surface area (Å²) in [6.45, 7) is 2.92. The molecule has 6 heteroatoms. The van der Waals surface area contributed by atoms with E-state index in [9.17, 15) is 4.79 Å². The molecule has 1 aliphatic heterocycles. The van der Waals surface area contributed by atoms with Crippen LogP contribution in [0, 0.1) is 0 Å². The van der Waals surface area contributed by atoms with Crippen LogP contribution in [0.1, 0.15) is 10.4 Å². The topological polar surface area (TPSA) is 46.5 Å². The first-order valence-corrected chi connectivity index (χ1v) is 9.25. The number of rotatable bonds is 4. The molecule has 3 aromatic rings. The standard InChI is InChI=1S/C21H20ClN3O2/c22-17-6-7-20(25-10-12-27-13-11-25)19(15-17)23-21(26)16-4-3-5-18(14-16)24-8-1-2-9-24/h1-9,14-15H,10-13H2,(H,23,26). The van der Waals surface area contributed by atoms with Gasteiger partial charge in [-0.15, -0.1) is 0 Å². The first-order chi connectivity index (χ1) is 13.2. The highest BCUT2D eigenvalue weighted by molar-refractivity contribution is 6.31. The van der Waals surface area contributed by atoms with Crippen molar-refractivity contribution in [2.75, 3.05) is 36.5 Å². The van der Waals surface area contributed by atoms with Crippen LogP contribution in [0.25, 0.3) is 5.69 Å². The number of morpholine rings is 1.